The van der Waals surface area contributed by atoms with Gasteiger partial charge in [-0.05, 0) is 55.3 Å². The van der Waals surface area contributed by atoms with Crippen LogP contribution in [0.1, 0.15) is 35.7 Å². The summed E-state index contributed by atoms with van der Waals surface area (Å²) in [6.45, 7) is 3.94. The smallest absolute Gasteiger partial charge is 0.338 e. The number of aryl methyl sites for hydroxylation is 1. The molecule has 0 aromatic heterocycles. The van der Waals surface area contributed by atoms with E-state index in [1.54, 1.807) is 29.2 Å². The lowest BCUT2D eigenvalue weighted by molar-refractivity contribution is -0.151. The van der Waals surface area contributed by atoms with Gasteiger partial charge in [0.15, 0.2) is 6.61 Å². The van der Waals surface area contributed by atoms with Crippen LogP contribution in [-0.4, -0.2) is 43.5 Å². The van der Waals surface area contributed by atoms with E-state index in [9.17, 15) is 19.2 Å². The third-order valence-corrected chi connectivity index (χ3v) is 4.96. The lowest BCUT2D eigenvalue weighted by atomic mass is 10.1. The molecule has 2 aromatic carbocycles. The van der Waals surface area contributed by atoms with Gasteiger partial charge in [0, 0.05) is 24.3 Å². The molecule has 2 amide bonds. The first-order chi connectivity index (χ1) is 15.4. The fourth-order valence-electron chi connectivity index (χ4n) is 3.33. The van der Waals surface area contributed by atoms with Crippen LogP contribution in [0.3, 0.4) is 0 Å². The molecule has 8 nitrogen and oxygen atoms in total. The van der Waals surface area contributed by atoms with Crippen molar-refractivity contribution in [1.29, 1.82) is 0 Å². The Bertz CT molecular complexity index is 1000. The highest BCUT2D eigenvalue weighted by molar-refractivity contribution is 6.00. The molecule has 1 N–H and O–H groups in total. The Morgan fingerprint density at radius 3 is 2.53 bits per heavy atom. The lowest BCUT2D eigenvalue weighted by Gasteiger charge is -2.17. The average Bonchev–Trinajstić information content (AvgIpc) is 3.18. The van der Waals surface area contributed by atoms with E-state index >= 15 is 0 Å². The molecule has 1 aliphatic heterocycles. The predicted molar refractivity (Wildman–Crippen MR) is 118 cm³/mol. The van der Waals surface area contributed by atoms with Crippen LogP contribution in [0.5, 0.6) is 0 Å². The number of rotatable bonds is 8. The van der Waals surface area contributed by atoms with E-state index in [0.29, 0.717) is 17.9 Å². The number of carbonyl (C=O) groups excluding carboxylic acids is 4. The number of carbonyl (C=O) groups is 4. The number of amides is 2. The van der Waals surface area contributed by atoms with Gasteiger partial charge in [-0.2, -0.15) is 0 Å². The molecule has 0 aliphatic carbocycles. The fraction of sp³-hybridized carbons (Fsp3) is 0.333. The van der Waals surface area contributed by atoms with Crippen LogP contribution in [0.25, 0.3) is 0 Å². The molecular formula is C24H26N2O6. The molecule has 0 bridgehead atoms. The summed E-state index contributed by atoms with van der Waals surface area (Å²) in [7, 11) is 0. The summed E-state index contributed by atoms with van der Waals surface area (Å²) < 4.78 is 10.2. The second-order valence-electron chi connectivity index (χ2n) is 7.61. The number of nitrogens with one attached hydrogen (secondary N) is 1. The molecule has 1 aliphatic rings. The van der Waals surface area contributed by atoms with Crippen LogP contribution >= 0.6 is 0 Å². The van der Waals surface area contributed by atoms with Gasteiger partial charge in [0.2, 0.25) is 5.91 Å². The molecule has 1 atom stereocenters. The van der Waals surface area contributed by atoms with Gasteiger partial charge < -0.3 is 19.7 Å². The van der Waals surface area contributed by atoms with Crippen molar-refractivity contribution in [3.8, 4) is 0 Å². The Hall–Kier alpha value is -3.68. The molecule has 2 aromatic rings. The Kier molecular flexibility index (Phi) is 7.59. The van der Waals surface area contributed by atoms with E-state index < -0.39 is 30.4 Å². The maximum Gasteiger partial charge on any atom is 0.338 e. The third kappa shape index (κ3) is 5.94. The Labute approximate surface area is 186 Å². The maximum atomic E-state index is 12.4. The Balaban J connectivity index is 1.47. The number of ether oxygens (including phenoxy) is 2. The monoisotopic (exact) mass is 438 g/mol. The summed E-state index contributed by atoms with van der Waals surface area (Å²) in [5.41, 5.74) is 2.60. The number of benzene rings is 2. The minimum Gasteiger partial charge on any atom is -0.462 e. The normalized spacial score (nSPS) is 15.4. The standard InChI is InChI=1S/C24H26N2O6/c1-3-11-31-23(29)17-7-9-19(10-8-17)25-21(27)15-32-24(30)18-13-22(28)26(14-18)20-6-4-5-16(2)12-20/h4-10,12,18H,3,11,13-15H2,1-2H3,(H,25,27)/t18-/m1/s1. The second kappa shape index (κ2) is 10.6. The van der Waals surface area contributed by atoms with Crippen LogP contribution in [0.2, 0.25) is 0 Å². The molecule has 0 saturated carbocycles. The SMILES string of the molecule is CCCOC(=O)c1ccc(NC(=O)COC(=O)[C@@H]2CC(=O)N(c3cccc(C)c3)C2)cc1. The van der Waals surface area contributed by atoms with Gasteiger partial charge in [0.05, 0.1) is 18.1 Å². The van der Waals surface area contributed by atoms with Gasteiger partial charge >= 0.3 is 11.9 Å². The van der Waals surface area contributed by atoms with Crippen LogP contribution in [0.15, 0.2) is 48.5 Å². The molecule has 0 radical (unpaired) electrons. The lowest BCUT2D eigenvalue weighted by Crippen LogP contribution is -2.28. The zero-order chi connectivity index (χ0) is 23.1. The molecular weight excluding hydrogens is 412 g/mol. The van der Waals surface area contributed by atoms with Crippen molar-refractivity contribution in [2.24, 2.45) is 5.92 Å². The molecule has 168 valence electrons. The second-order valence-corrected chi connectivity index (χ2v) is 7.61. The molecule has 8 heteroatoms. The first kappa shape index (κ1) is 23.0. The molecule has 1 saturated heterocycles. The minimum absolute atomic E-state index is 0.0456. The molecule has 32 heavy (non-hydrogen) atoms. The minimum atomic E-state index is -0.621. The van der Waals surface area contributed by atoms with E-state index in [1.807, 2.05) is 38.1 Å². The van der Waals surface area contributed by atoms with Crippen molar-refractivity contribution < 1.29 is 28.7 Å². The molecule has 1 fully saturated rings. The highest BCUT2D eigenvalue weighted by atomic mass is 16.5. The van der Waals surface area contributed by atoms with Crippen molar-refractivity contribution in [2.45, 2.75) is 26.7 Å². The van der Waals surface area contributed by atoms with Crippen LogP contribution < -0.4 is 10.2 Å². The number of nitrogens with zero attached hydrogens (tertiary/aromatic N) is 1. The summed E-state index contributed by atoms with van der Waals surface area (Å²) in [6.07, 6.45) is 0.779. The first-order valence-electron chi connectivity index (χ1n) is 10.5. The average molecular weight is 438 g/mol. The Morgan fingerprint density at radius 2 is 1.84 bits per heavy atom. The highest BCUT2D eigenvalue weighted by Gasteiger charge is 2.36. The topological polar surface area (TPSA) is 102 Å². The van der Waals surface area contributed by atoms with Gasteiger partial charge in [-0.15, -0.1) is 0 Å². The summed E-state index contributed by atoms with van der Waals surface area (Å²) >= 11 is 0. The number of hydrogen-bond donors (Lipinski definition) is 1. The van der Waals surface area contributed by atoms with Gasteiger partial charge in [-0.25, -0.2) is 4.79 Å². The molecule has 3 rings (SSSR count). The van der Waals surface area contributed by atoms with Crippen LogP contribution in [0.4, 0.5) is 11.4 Å². The third-order valence-electron chi connectivity index (χ3n) is 4.96. The first-order valence-corrected chi connectivity index (χ1v) is 10.5. The van der Waals surface area contributed by atoms with E-state index in [0.717, 1.165) is 17.7 Å². The summed E-state index contributed by atoms with van der Waals surface area (Å²) in [4.78, 5) is 50.2. The summed E-state index contributed by atoms with van der Waals surface area (Å²) in [5.74, 6) is -2.30. The van der Waals surface area contributed by atoms with Gasteiger partial charge in [0.25, 0.3) is 5.91 Å². The van der Waals surface area contributed by atoms with E-state index in [4.69, 9.17) is 9.47 Å². The molecule has 0 unspecified atom stereocenters. The van der Waals surface area contributed by atoms with Gasteiger partial charge in [0.1, 0.15) is 0 Å². The van der Waals surface area contributed by atoms with E-state index in [1.165, 1.54) is 0 Å². The Morgan fingerprint density at radius 1 is 1.09 bits per heavy atom. The largest absolute Gasteiger partial charge is 0.462 e. The van der Waals surface area contributed by atoms with Crippen molar-refractivity contribution in [2.75, 3.05) is 30.0 Å². The van der Waals surface area contributed by atoms with E-state index in [-0.39, 0.29) is 18.9 Å². The van der Waals surface area contributed by atoms with Crippen molar-refractivity contribution in [3.05, 3.63) is 59.7 Å². The van der Waals surface area contributed by atoms with Gasteiger partial charge in [-0.3, -0.25) is 14.4 Å². The number of hydrogen-bond acceptors (Lipinski definition) is 6. The van der Waals surface area contributed by atoms with Gasteiger partial charge in [-0.1, -0.05) is 19.1 Å². The summed E-state index contributed by atoms with van der Waals surface area (Å²) in [5, 5.41) is 2.60. The predicted octanol–water partition coefficient (Wildman–Crippen LogP) is 3.10. The highest BCUT2D eigenvalue weighted by Crippen LogP contribution is 2.26. The van der Waals surface area contributed by atoms with Crippen LogP contribution in [0, 0.1) is 12.8 Å². The van der Waals surface area contributed by atoms with Crippen molar-refractivity contribution >= 4 is 35.1 Å². The van der Waals surface area contributed by atoms with Crippen molar-refractivity contribution in [3.63, 3.8) is 0 Å². The number of esters is 2. The fourth-order valence-corrected chi connectivity index (χ4v) is 3.33. The maximum absolute atomic E-state index is 12.4. The quantitative estimate of drug-likeness (QED) is 0.636. The van der Waals surface area contributed by atoms with Crippen LogP contribution in [-0.2, 0) is 23.9 Å². The molecule has 0 spiro atoms. The van der Waals surface area contributed by atoms with Crippen molar-refractivity contribution in [1.82, 2.24) is 0 Å². The summed E-state index contributed by atoms with van der Waals surface area (Å²) in [6, 6.07) is 13.7. The van der Waals surface area contributed by atoms with E-state index in [2.05, 4.69) is 5.32 Å². The zero-order valence-electron chi connectivity index (χ0n) is 18.1. The number of anilines is 2. The zero-order valence-corrected chi connectivity index (χ0v) is 18.1. The molecule has 1 heterocycles.